The van der Waals surface area contributed by atoms with Gasteiger partial charge >= 0.3 is 0 Å². The average molecular weight is 469 g/mol. The molecule has 0 saturated heterocycles. The molecule has 0 radical (unpaired) electrons. The fourth-order valence-corrected chi connectivity index (χ4v) is 4.54. The Hall–Kier alpha value is -4.13. The first-order valence-corrected chi connectivity index (χ1v) is 11.9. The van der Waals surface area contributed by atoms with Crippen LogP contribution in [-0.4, -0.2) is 38.3 Å². The quantitative estimate of drug-likeness (QED) is 0.398. The van der Waals surface area contributed by atoms with Crippen LogP contribution in [0, 0.1) is 0 Å². The van der Waals surface area contributed by atoms with Crippen molar-refractivity contribution in [3.8, 4) is 5.75 Å². The van der Waals surface area contributed by atoms with E-state index in [1.807, 2.05) is 76.2 Å². The van der Waals surface area contributed by atoms with E-state index in [1.165, 1.54) is 5.56 Å². The molecule has 4 aromatic rings. The Kier molecular flexibility index (Phi) is 6.75. The molecule has 1 aliphatic heterocycles. The molecule has 178 valence electrons. The monoisotopic (exact) mass is 468 g/mol. The maximum absolute atomic E-state index is 13.4. The number of rotatable bonds is 8. The Morgan fingerprint density at radius 3 is 2.40 bits per heavy atom. The van der Waals surface area contributed by atoms with Crippen molar-refractivity contribution < 1.29 is 9.53 Å². The van der Waals surface area contributed by atoms with Gasteiger partial charge in [0.15, 0.2) is 6.61 Å². The Morgan fingerprint density at radius 1 is 0.914 bits per heavy atom. The van der Waals surface area contributed by atoms with Crippen LogP contribution in [0.2, 0.25) is 0 Å². The topological polar surface area (TPSA) is 69.4 Å². The molecule has 0 N–H and O–H groups in total. The first-order valence-electron chi connectivity index (χ1n) is 11.9. The van der Waals surface area contributed by atoms with Crippen LogP contribution in [0.4, 0.5) is 0 Å². The lowest BCUT2D eigenvalue weighted by Gasteiger charge is -2.28. The molecule has 0 saturated carbocycles. The molecule has 0 atom stereocenters. The molecule has 7 nitrogen and oxygen atoms in total. The third kappa shape index (κ3) is 5.19. The molecule has 2 aromatic carbocycles. The van der Waals surface area contributed by atoms with Crippen molar-refractivity contribution in [2.45, 2.75) is 32.5 Å². The molecule has 1 aliphatic rings. The number of fused-ring (bicyclic) bond motifs is 1. The second-order valence-electron chi connectivity index (χ2n) is 8.68. The summed E-state index contributed by atoms with van der Waals surface area (Å²) in [6.45, 7) is 1.97. The standard InChI is InChI=1S/C28H28N4O3/c33-27(21-35-24-11-5-2-6-12-24)30-16-14-25-26(20-30)32(19-23-10-7-15-29-18-23)31(28(25)34)17-13-22-8-3-1-4-9-22/h1-12,15,18H,13-14,16-17,19-21H2. The molecular formula is C28H28N4O3. The normalized spacial score (nSPS) is 12.9. The molecule has 5 rings (SSSR count). The summed E-state index contributed by atoms with van der Waals surface area (Å²) in [5.74, 6) is 0.580. The highest BCUT2D eigenvalue weighted by Gasteiger charge is 2.28. The first-order chi connectivity index (χ1) is 17.2. The number of ether oxygens (including phenoxy) is 1. The van der Waals surface area contributed by atoms with Gasteiger partial charge in [0, 0.05) is 31.0 Å². The van der Waals surface area contributed by atoms with Crippen LogP contribution in [-0.2, 0) is 37.3 Å². The van der Waals surface area contributed by atoms with E-state index < -0.39 is 0 Å². The fraction of sp³-hybridized carbons (Fsp3) is 0.250. The van der Waals surface area contributed by atoms with Crippen LogP contribution in [0.25, 0.3) is 0 Å². The lowest BCUT2D eigenvalue weighted by atomic mass is 10.1. The highest BCUT2D eigenvalue weighted by atomic mass is 16.5. The van der Waals surface area contributed by atoms with Gasteiger partial charge in [-0.3, -0.25) is 19.3 Å². The molecule has 35 heavy (non-hydrogen) atoms. The Balaban J connectivity index is 1.39. The van der Waals surface area contributed by atoms with Crippen LogP contribution >= 0.6 is 0 Å². The van der Waals surface area contributed by atoms with E-state index in [-0.39, 0.29) is 18.1 Å². The number of aromatic nitrogens is 3. The first kappa shape index (κ1) is 22.7. The molecule has 0 unspecified atom stereocenters. The highest BCUT2D eigenvalue weighted by Crippen LogP contribution is 2.20. The van der Waals surface area contributed by atoms with E-state index in [2.05, 4.69) is 17.1 Å². The number of hydrogen-bond acceptors (Lipinski definition) is 4. The van der Waals surface area contributed by atoms with Gasteiger partial charge in [0.25, 0.3) is 11.5 Å². The van der Waals surface area contributed by atoms with Crippen molar-refractivity contribution in [3.05, 3.63) is 118 Å². The minimum Gasteiger partial charge on any atom is -0.484 e. The van der Waals surface area contributed by atoms with Crippen LogP contribution in [0.15, 0.2) is 90.0 Å². The van der Waals surface area contributed by atoms with Crippen LogP contribution in [0.1, 0.15) is 22.4 Å². The average Bonchev–Trinajstić information content (AvgIpc) is 3.17. The zero-order valence-corrected chi connectivity index (χ0v) is 19.5. The third-order valence-corrected chi connectivity index (χ3v) is 6.38. The van der Waals surface area contributed by atoms with Gasteiger partial charge in [0.1, 0.15) is 5.75 Å². The van der Waals surface area contributed by atoms with Crippen molar-refractivity contribution in [2.24, 2.45) is 0 Å². The lowest BCUT2D eigenvalue weighted by molar-refractivity contribution is -0.134. The summed E-state index contributed by atoms with van der Waals surface area (Å²) in [5.41, 5.74) is 3.92. The number of aryl methyl sites for hydroxylation is 1. The zero-order chi connectivity index (χ0) is 24.0. The summed E-state index contributed by atoms with van der Waals surface area (Å²) >= 11 is 0. The van der Waals surface area contributed by atoms with E-state index in [0.717, 1.165) is 23.2 Å². The highest BCUT2D eigenvalue weighted by molar-refractivity contribution is 5.78. The summed E-state index contributed by atoms with van der Waals surface area (Å²) in [7, 11) is 0. The van der Waals surface area contributed by atoms with Crippen molar-refractivity contribution in [1.29, 1.82) is 0 Å². The Bertz CT molecular complexity index is 1330. The van der Waals surface area contributed by atoms with E-state index in [1.54, 1.807) is 11.1 Å². The molecule has 7 heteroatoms. The number of amides is 1. The molecule has 0 bridgehead atoms. The number of benzene rings is 2. The van der Waals surface area contributed by atoms with Crippen LogP contribution < -0.4 is 10.3 Å². The summed E-state index contributed by atoms with van der Waals surface area (Å²) in [5, 5.41) is 0. The molecule has 1 amide bonds. The lowest BCUT2D eigenvalue weighted by Crippen LogP contribution is -2.40. The van der Waals surface area contributed by atoms with Gasteiger partial charge in [-0.25, -0.2) is 4.68 Å². The predicted octanol–water partition coefficient (Wildman–Crippen LogP) is 3.30. The Morgan fingerprint density at radius 2 is 1.66 bits per heavy atom. The number of carbonyl (C=O) groups is 1. The summed E-state index contributed by atoms with van der Waals surface area (Å²) < 4.78 is 9.55. The molecule has 3 heterocycles. The summed E-state index contributed by atoms with van der Waals surface area (Å²) in [4.78, 5) is 32.4. The van der Waals surface area contributed by atoms with E-state index in [9.17, 15) is 9.59 Å². The maximum atomic E-state index is 13.4. The van der Waals surface area contributed by atoms with Gasteiger partial charge < -0.3 is 9.64 Å². The van der Waals surface area contributed by atoms with E-state index in [4.69, 9.17) is 4.74 Å². The minimum absolute atomic E-state index is 0.0269. The van der Waals surface area contributed by atoms with Crippen LogP contribution in [0.5, 0.6) is 5.75 Å². The second kappa shape index (κ2) is 10.4. The molecule has 2 aromatic heterocycles. The van der Waals surface area contributed by atoms with Crippen molar-refractivity contribution in [2.75, 3.05) is 13.2 Å². The molecule has 0 spiro atoms. The Labute approximate surface area is 204 Å². The van der Waals surface area contributed by atoms with E-state index in [0.29, 0.717) is 38.3 Å². The molecule has 0 fully saturated rings. The number of hydrogen-bond donors (Lipinski definition) is 0. The van der Waals surface area contributed by atoms with Gasteiger partial charge in [0.2, 0.25) is 0 Å². The van der Waals surface area contributed by atoms with Gasteiger partial charge in [0.05, 0.1) is 18.8 Å². The largest absolute Gasteiger partial charge is 0.484 e. The minimum atomic E-state index is -0.0862. The van der Waals surface area contributed by atoms with Crippen molar-refractivity contribution in [1.82, 2.24) is 19.2 Å². The second-order valence-corrected chi connectivity index (χ2v) is 8.68. The van der Waals surface area contributed by atoms with Gasteiger partial charge in [-0.15, -0.1) is 0 Å². The van der Waals surface area contributed by atoms with Gasteiger partial charge in [-0.2, -0.15) is 0 Å². The number of pyridine rings is 1. The SMILES string of the molecule is O=C(COc1ccccc1)N1CCc2c(n(Cc3cccnc3)n(CCc3ccccc3)c2=O)C1. The summed E-state index contributed by atoms with van der Waals surface area (Å²) in [6.07, 6.45) is 4.85. The fourth-order valence-electron chi connectivity index (χ4n) is 4.54. The maximum Gasteiger partial charge on any atom is 0.270 e. The smallest absolute Gasteiger partial charge is 0.270 e. The van der Waals surface area contributed by atoms with Crippen molar-refractivity contribution in [3.63, 3.8) is 0 Å². The number of carbonyl (C=O) groups excluding carboxylic acids is 1. The number of para-hydroxylation sites is 1. The number of nitrogens with zero attached hydrogens (tertiary/aromatic N) is 4. The molecular weight excluding hydrogens is 440 g/mol. The zero-order valence-electron chi connectivity index (χ0n) is 19.5. The van der Waals surface area contributed by atoms with Crippen molar-refractivity contribution >= 4 is 5.91 Å². The van der Waals surface area contributed by atoms with Crippen LogP contribution in [0.3, 0.4) is 0 Å². The van der Waals surface area contributed by atoms with E-state index >= 15 is 0 Å². The molecule has 0 aliphatic carbocycles. The third-order valence-electron chi connectivity index (χ3n) is 6.38. The van der Waals surface area contributed by atoms with Gasteiger partial charge in [-0.05, 0) is 42.2 Å². The van der Waals surface area contributed by atoms with Gasteiger partial charge in [-0.1, -0.05) is 54.6 Å². The summed E-state index contributed by atoms with van der Waals surface area (Å²) in [6, 6.07) is 23.4. The predicted molar refractivity (Wildman–Crippen MR) is 133 cm³/mol.